The number of hydrogen-bond donors (Lipinski definition) is 0. The number of rotatable bonds is 2. The molecule has 0 spiro atoms. The zero-order valence-corrected chi connectivity index (χ0v) is 6.10. The molecular weight excluding hydrogens is 146 g/mol. The van der Waals surface area contributed by atoms with Gasteiger partial charge in [0.1, 0.15) is 5.69 Å². The molecule has 0 fully saturated rings. The van der Waals surface area contributed by atoms with Gasteiger partial charge in [-0.2, -0.15) is 0 Å². The molecule has 0 saturated carbocycles. The molecule has 2 nitrogen and oxygen atoms in total. The van der Waals surface area contributed by atoms with Crippen molar-refractivity contribution in [2.45, 2.75) is 0 Å². The van der Waals surface area contributed by atoms with E-state index in [1.54, 1.807) is 24.4 Å². The number of pyridine rings is 1. The second kappa shape index (κ2) is 3.37. The van der Waals surface area contributed by atoms with Crippen LogP contribution in [-0.4, -0.2) is 16.5 Å². The van der Waals surface area contributed by atoms with Crippen LogP contribution in [0.1, 0.15) is 10.5 Å². The number of hydrogen-bond acceptors (Lipinski definition) is 2. The Kier molecular flexibility index (Phi) is 2.45. The standard InChI is InChI=1S/C7H6NOS/c9-7(5-10)6-3-1-2-4-8-6/h1-4H,5H2. The third-order valence-electron chi connectivity index (χ3n) is 1.08. The molecule has 1 rings (SSSR count). The van der Waals surface area contributed by atoms with E-state index in [2.05, 4.69) is 17.6 Å². The number of Topliss-reactive ketones (excluding diaryl/α,β-unsaturated/α-hetero) is 1. The smallest absolute Gasteiger partial charge is 0.191 e. The first-order valence-corrected chi connectivity index (χ1v) is 3.44. The van der Waals surface area contributed by atoms with Crippen molar-refractivity contribution in [2.75, 3.05) is 5.75 Å². The SMILES string of the molecule is O=C(C[S])c1ccccn1. The van der Waals surface area contributed by atoms with Crippen LogP contribution in [0.5, 0.6) is 0 Å². The van der Waals surface area contributed by atoms with E-state index in [9.17, 15) is 4.79 Å². The minimum Gasteiger partial charge on any atom is -0.291 e. The number of aromatic nitrogens is 1. The Morgan fingerprint density at radius 1 is 1.60 bits per heavy atom. The third-order valence-corrected chi connectivity index (χ3v) is 1.34. The van der Waals surface area contributed by atoms with Crippen LogP contribution in [0.2, 0.25) is 0 Å². The first kappa shape index (κ1) is 7.28. The van der Waals surface area contributed by atoms with Crippen molar-refractivity contribution in [2.24, 2.45) is 0 Å². The largest absolute Gasteiger partial charge is 0.291 e. The quantitative estimate of drug-likeness (QED) is 0.600. The molecule has 0 aromatic carbocycles. The van der Waals surface area contributed by atoms with E-state index in [-0.39, 0.29) is 11.5 Å². The fourth-order valence-corrected chi connectivity index (χ4v) is 0.750. The van der Waals surface area contributed by atoms with E-state index in [0.29, 0.717) is 5.69 Å². The second-order valence-corrected chi connectivity index (χ2v) is 2.07. The van der Waals surface area contributed by atoms with Gasteiger partial charge in [0.05, 0.1) is 5.75 Å². The number of nitrogens with zero attached hydrogens (tertiary/aromatic N) is 1. The van der Waals surface area contributed by atoms with Crippen LogP contribution < -0.4 is 0 Å². The summed E-state index contributed by atoms with van der Waals surface area (Å²) in [6, 6.07) is 5.19. The molecule has 0 N–H and O–H groups in total. The van der Waals surface area contributed by atoms with Crippen LogP contribution in [0.3, 0.4) is 0 Å². The van der Waals surface area contributed by atoms with Gasteiger partial charge in [-0.25, -0.2) is 0 Å². The molecule has 1 radical (unpaired) electrons. The Morgan fingerprint density at radius 3 is 2.90 bits per heavy atom. The van der Waals surface area contributed by atoms with Gasteiger partial charge in [-0.1, -0.05) is 18.7 Å². The van der Waals surface area contributed by atoms with Gasteiger partial charge in [0.25, 0.3) is 0 Å². The predicted octanol–water partition coefficient (Wildman–Crippen LogP) is 1.46. The second-order valence-electron chi connectivity index (χ2n) is 1.78. The summed E-state index contributed by atoms with van der Waals surface area (Å²) < 4.78 is 0. The molecule has 0 atom stereocenters. The molecule has 0 saturated heterocycles. The van der Waals surface area contributed by atoms with Crippen molar-refractivity contribution in [3.05, 3.63) is 30.1 Å². The van der Waals surface area contributed by atoms with Crippen molar-refractivity contribution in [1.29, 1.82) is 0 Å². The number of ketones is 1. The van der Waals surface area contributed by atoms with Crippen LogP contribution in [0.4, 0.5) is 0 Å². The average Bonchev–Trinajstić information content (AvgIpc) is 2.05. The van der Waals surface area contributed by atoms with Gasteiger partial charge in [0.15, 0.2) is 5.78 Å². The van der Waals surface area contributed by atoms with Crippen molar-refractivity contribution in [1.82, 2.24) is 4.98 Å². The highest BCUT2D eigenvalue weighted by Crippen LogP contribution is 1.95. The fourth-order valence-electron chi connectivity index (χ4n) is 0.602. The molecule has 0 aliphatic heterocycles. The van der Waals surface area contributed by atoms with Crippen molar-refractivity contribution in [3.63, 3.8) is 0 Å². The maximum atomic E-state index is 10.8. The van der Waals surface area contributed by atoms with Crippen molar-refractivity contribution < 1.29 is 4.79 Å². The lowest BCUT2D eigenvalue weighted by molar-refractivity contribution is 0.101. The number of carbonyl (C=O) groups is 1. The monoisotopic (exact) mass is 152 g/mol. The molecule has 0 aliphatic rings. The van der Waals surface area contributed by atoms with Gasteiger partial charge in [-0.15, -0.1) is 0 Å². The van der Waals surface area contributed by atoms with Crippen LogP contribution >= 0.6 is 12.6 Å². The highest BCUT2D eigenvalue weighted by molar-refractivity contribution is 7.81. The fraction of sp³-hybridized carbons (Fsp3) is 0.143. The molecule has 0 amide bonds. The van der Waals surface area contributed by atoms with Gasteiger partial charge in [0, 0.05) is 6.20 Å². The van der Waals surface area contributed by atoms with Gasteiger partial charge >= 0.3 is 0 Å². The summed E-state index contributed by atoms with van der Waals surface area (Å²) >= 11 is 4.57. The lowest BCUT2D eigenvalue weighted by atomic mass is 10.3. The lowest BCUT2D eigenvalue weighted by Crippen LogP contribution is -2.01. The number of carbonyl (C=O) groups excluding carboxylic acids is 1. The molecule has 3 heteroatoms. The summed E-state index contributed by atoms with van der Waals surface area (Å²) in [7, 11) is 0. The van der Waals surface area contributed by atoms with E-state index >= 15 is 0 Å². The van der Waals surface area contributed by atoms with Crippen LogP contribution in [0.25, 0.3) is 0 Å². The lowest BCUT2D eigenvalue weighted by Gasteiger charge is -1.91. The maximum absolute atomic E-state index is 10.8. The third kappa shape index (κ3) is 1.57. The van der Waals surface area contributed by atoms with Gasteiger partial charge in [-0.3, -0.25) is 9.78 Å². The minimum atomic E-state index is -0.0874. The van der Waals surface area contributed by atoms with Crippen molar-refractivity contribution in [3.8, 4) is 0 Å². The van der Waals surface area contributed by atoms with Gasteiger partial charge < -0.3 is 0 Å². The Labute approximate surface area is 64.7 Å². The predicted molar refractivity (Wildman–Crippen MR) is 41.0 cm³/mol. The zero-order valence-electron chi connectivity index (χ0n) is 5.28. The van der Waals surface area contributed by atoms with Crippen molar-refractivity contribution >= 4 is 18.4 Å². The molecule has 1 heterocycles. The van der Waals surface area contributed by atoms with E-state index in [1.807, 2.05) is 0 Å². The Morgan fingerprint density at radius 2 is 2.40 bits per heavy atom. The minimum absolute atomic E-state index is 0.0874. The first-order chi connectivity index (χ1) is 4.84. The molecular formula is C7H6NOS. The highest BCUT2D eigenvalue weighted by atomic mass is 32.1. The summed E-state index contributed by atoms with van der Waals surface area (Å²) in [5, 5.41) is 0. The van der Waals surface area contributed by atoms with Crippen LogP contribution in [0.15, 0.2) is 24.4 Å². The summed E-state index contributed by atoms with van der Waals surface area (Å²) in [5.41, 5.74) is 0.456. The zero-order chi connectivity index (χ0) is 7.40. The van der Waals surface area contributed by atoms with Crippen LogP contribution in [0, 0.1) is 0 Å². The molecule has 10 heavy (non-hydrogen) atoms. The van der Waals surface area contributed by atoms with E-state index in [4.69, 9.17) is 0 Å². The first-order valence-electron chi connectivity index (χ1n) is 2.87. The topological polar surface area (TPSA) is 30.0 Å². The highest BCUT2D eigenvalue weighted by Gasteiger charge is 2.01. The molecule has 51 valence electrons. The summed E-state index contributed by atoms with van der Waals surface area (Å²) in [5.74, 6) is 0.0207. The molecule has 0 aliphatic carbocycles. The molecule has 1 aromatic heterocycles. The van der Waals surface area contributed by atoms with Gasteiger partial charge in [-0.05, 0) is 12.1 Å². The van der Waals surface area contributed by atoms with E-state index < -0.39 is 0 Å². The molecule has 0 bridgehead atoms. The molecule has 0 unspecified atom stereocenters. The van der Waals surface area contributed by atoms with E-state index in [1.165, 1.54) is 0 Å². The Hall–Kier alpha value is -0.830. The van der Waals surface area contributed by atoms with Crippen LogP contribution in [-0.2, 0) is 0 Å². The average molecular weight is 152 g/mol. The maximum Gasteiger partial charge on any atom is 0.191 e. The summed E-state index contributed by atoms with van der Waals surface area (Å²) in [4.78, 5) is 14.7. The Balaban J connectivity index is 2.85. The normalized spacial score (nSPS) is 9.30. The summed E-state index contributed by atoms with van der Waals surface area (Å²) in [6.07, 6.45) is 1.58. The Bertz CT molecular complexity index is 222. The summed E-state index contributed by atoms with van der Waals surface area (Å²) in [6.45, 7) is 0. The van der Waals surface area contributed by atoms with Gasteiger partial charge in [0.2, 0.25) is 0 Å². The van der Waals surface area contributed by atoms with E-state index in [0.717, 1.165) is 0 Å². The molecule has 1 aromatic rings.